The highest BCUT2D eigenvalue weighted by atomic mass is 32.1. The number of aryl methyl sites for hydroxylation is 2. The first-order valence-corrected chi connectivity index (χ1v) is 11.4. The van der Waals surface area contributed by atoms with Gasteiger partial charge in [-0.1, -0.05) is 0 Å². The Labute approximate surface area is 199 Å². The molecule has 0 fully saturated rings. The maximum atomic E-state index is 13.8. The van der Waals surface area contributed by atoms with E-state index in [1.807, 2.05) is 13.8 Å². The third-order valence-corrected chi connectivity index (χ3v) is 6.89. The highest BCUT2D eigenvalue weighted by Gasteiger charge is 2.45. The molecular formula is C25H22N2O6S. The molecule has 0 radical (unpaired) electrons. The van der Waals surface area contributed by atoms with Gasteiger partial charge in [0, 0.05) is 11.6 Å². The van der Waals surface area contributed by atoms with Crippen LogP contribution in [0.1, 0.15) is 38.9 Å². The zero-order valence-electron chi connectivity index (χ0n) is 19.3. The fraction of sp³-hybridized carbons (Fsp3) is 0.240. The van der Waals surface area contributed by atoms with Crippen molar-refractivity contribution in [2.75, 3.05) is 26.2 Å². The van der Waals surface area contributed by atoms with Gasteiger partial charge < -0.3 is 18.6 Å². The van der Waals surface area contributed by atoms with Crippen molar-refractivity contribution in [2.24, 2.45) is 0 Å². The topological polar surface area (TPSA) is 91.1 Å². The van der Waals surface area contributed by atoms with Crippen LogP contribution in [-0.4, -0.2) is 32.2 Å². The van der Waals surface area contributed by atoms with Crippen molar-refractivity contribution in [1.82, 2.24) is 4.98 Å². The summed E-state index contributed by atoms with van der Waals surface area (Å²) in [5.74, 6) is 0.813. The van der Waals surface area contributed by atoms with Crippen molar-refractivity contribution in [3.05, 3.63) is 74.1 Å². The first-order chi connectivity index (χ1) is 16.4. The lowest BCUT2D eigenvalue weighted by Gasteiger charge is -2.24. The molecule has 0 aliphatic carbocycles. The van der Waals surface area contributed by atoms with Gasteiger partial charge in [0.25, 0.3) is 5.91 Å². The van der Waals surface area contributed by atoms with Crippen LogP contribution >= 0.6 is 11.3 Å². The second-order valence-corrected chi connectivity index (χ2v) is 8.83. The molecule has 0 N–H and O–H groups in total. The van der Waals surface area contributed by atoms with E-state index in [9.17, 15) is 9.59 Å². The lowest BCUT2D eigenvalue weighted by Crippen LogP contribution is -2.29. The van der Waals surface area contributed by atoms with Gasteiger partial charge in [0.05, 0.1) is 38.3 Å². The number of thiazole rings is 1. The van der Waals surface area contributed by atoms with Crippen molar-refractivity contribution in [1.29, 1.82) is 0 Å². The van der Waals surface area contributed by atoms with E-state index in [2.05, 4.69) is 4.98 Å². The number of aromatic nitrogens is 1. The number of anilines is 1. The second kappa shape index (κ2) is 8.18. The van der Waals surface area contributed by atoms with Crippen LogP contribution in [0, 0.1) is 13.8 Å². The first-order valence-electron chi connectivity index (χ1n) is 10.5. The average molecular weight is 479 g/mol. The second-order valence-electron chi connectivity index (χ2n) is 7.96. The van der Waals surface area contributed by atoms with Crippen LogP contribution in [0.3, 0.4) is 0 Å². The Morgan fingerprint density at radius 1 is 0.971 bits per heavy atom. The maximum Gasteiger partial charge on any atom is 0.297 e. The minimum atomic E-state index is -0.787. The smallest absolute Gasteiger partial charge is 0.297 e. The minimum absolute atomic E-state index is 0.00899. The van der Waals surface area contributed by atoms with Gasteiger partial charge in [-0.3, -0.25) is 14.5 Å². The quantitative estimate of drug-likeness (QED) is 0.413. The molecule has 5 rings (SSSR count). The van der Waals surface area contributed by atoms with Gasteiger partial charge in [0.1, 0.15) is 5.58 Å². The van der Waals surface area contributed by atoms with Crippen molar-refractivity contribution in [3.8, 4) is 17.2 Å². The molecule has 1 amide bonds. The molecule has 4 aromatic rings. The Balaban J connectivity index is 1.84. The van der Waals surface area contributed by atoms with E-state index in [0.29, 0.717) is 38.9 Å². The van der Waals surface area contributed by atoms with Gasteiger partial charge in [-0.15, -0.1) is 11.3 Å². The highest BCUT2D eigenvalue weighted by Crippen LogP contribution is 2.46. The molecule has 9 heteroatoms. The third kappa shape index (κ3) is 3.15. The molecule has 0 bridgehead atoms. The van der Waals surface area contributed by atoms with E-state index in [-0.39, 0.29) is 16.8 Å². The Hall–Kier alpha value is -3.85. The lowest BCUT2D eigenvalue weighted by atomic mass is 9.97. The van der Waals surface area contributed by atoms with Crippen molar-refractivity contribution < 1.29 is 23.4 Å². The van der Waals surface area contributed by atoms with Gasteiger partial charge in [0.2, 0.25) is 11.5 Å². The van der Waals surface area contributed by atoms with Gasteiger partial charge >= 0.3 is 0 Å². The Bertz CT molecular complexity index is 1470. The normalized spacial score (nSPS) is 15.0. The van der Waals surface area contributed by atoms with Gasteiger partial charge in [-0.2, -0.15) is 0 Å². The van der Waals surface area contributed by atoms with Gasteiger partial charge in [-0.05, 0) is 54.8 Å². The summed E-state index contributed by atoms with van der Waals surface area (Å²) in [6.07, 6.45) is 1.61. The molecule has 3 heterocycles. The van der Waals surface area contributed by atoms with E-state index >= 15 is 0 Å². The van der Waals surface area contributed by atoms with Crippen LogP contribution in [0.5, 0.6) is 17.2 Å². The summed E-state index contributed by atoms with van der Waals surface area (Å²) in [7, 11) is 4.54. The van der Waals surface area contributed by atoms with Gasteiger partial charge in [-0.25, -0.2) is 4.98 Å². The zero-order chi connectivity index (χ0) is 24.1. The van der Waals surface area contributed by atoms with Crippen LogP contribution in [0.25, 0.3) is 11.0 Å². The lowest BCUT2D eigenvalue weighted by molar-refractivity contribution is 0.0971. The van der Waals surface area contributed by atoms with E-state index in [4.69, 9.17) is 18.6 Å². The summed E-state index contributed by atoms with van der Waals surface area (Å²) in [6.45, 7) is 3.87. The number of fused-ring (bicyclic) bond motifs is 2. The summed E-state index contributed by atoms with van der Waals surface area (Å²) in [5, 5.41) is 2.65. The number of amides is 1. The summed E-state index contributed by atoms with van der Waals surface area (Å²) in [5.41, 5.74) is 2.91. The predicted molar refractivity (Wildman–Crippen MR) is 129 cm³/mol. The van der Waals surface area contributed by atoms with E-state index in [1.54, 1.807) is 35.8 Å². The fourth-order valence-corrected chi connectivity index (χ4v) is 5.00. The van der Waals surface area contributed by atoms with E-state index in [1.165, 1.54) is 37.6 Å². The van der Waals surface area contributed by atoms with Gasteiger partial charge in [0.15, 0.2) is 22.1 Å². The SMILES string of the molecule is COc1cc([C@H]2c3c(oc4cc(C)c(C)cc4c3=O)C(=O)N2c2nccs2)cc(OC)c1OC. The molecule has 2 aromatic heterocycles. The molecule has 0 saturated heterocycles. The largest absolute Gasteiger partial charge is 0.493 e. The molecule has 1 aliphatic heterocycles. The number of ether oxygens (including phenoxy) is 3. The number of nitrogens with zero attached hydrogens (tertiary/aromatic N) is 2. The molecule has 2 aromatic carbocycles. The van der Waals surface area contributed by atoms with Crippen molar-refractivity contribution in [2.45, 2.75) is 19.9 Å². The summed E-state index contributed by atoms with van der Waals surface area (Å²) in [4.78, 5) is 33.3. The Kier molecular flexibility index (Phi) is 5.28. The molecule has 0 spiro atoms. The predicted octanol–water partition coefficient (Wildman–Crippen LogP) is 4.64. The molecule has 174 valence electrons. The standard InChI is InChI=1S/C25H22N2O6S/c1-12-8-15-16(9-13(12)2)33-23-19(21(15)28)20(27(24(23)29)25-26-6-7-34-25)14-10-17(30-3)22(32-5)18(11-14)31-4/h6-11,20H,1-5H3/t20-/m0/s1. The fourth-order valence-electron chi connectivity index (χ4n) is 4.33. The zero-order valence-corrected chi connectivity index (χ0v) is 20.1. The third-order valence-electron chi connectivity index (χ3n) is 6.11. The Morgan fingerprint density at radius 3 is 2.24 bits per heavy atom. The number of carbonyl (C=O) groups excluding carboxylic acids is 1. The van der Waals surface area contributed by atoms with Crippen LogP contribution in [-0.2, 0) is 0 Å². The number of rotatable bonds is 5. The van der Waals surface area contributed by atoms with Crippen molar-refractivity contribution >= 4 is 33.3 Å². The van der Waals surface area contributed by atoms with Crippen LogP contribution in [0.15, 0.2) is 45.1 Å². The van der Waals surface area contributed by atoms with E-state index in [0.717, 1.165) is 11.1 Å². The summed E-state index contributed by atoms with van der Waals surface area (Å²) >= 11 is 1.30. The van der Waals surface area contributed by atoms with Crippen LogP contribution in [0.2, 0.25) is 0 Å². The summed E-state index contributed by atoms with van der Waals surface area (Å²) < 4.78 is 22.6. The Morgan fingerprint density at radius 2 is 1.65 bits per heavy atom. The van der Waals surface area contributed by atoms with E-state index < -0.39 is 11.9 Å². The number of benzene rings is 2. The number of hydrogen-bond acceptors (Lipinski definition) is 8. The molecule has 1 aliphatic rings. The average Bonchev–Trinajstić information content (AvgIpc) is 3.46. The van der Waals surface area contributed by atoms with Crippen LogP contribution in [0.4, 0.5) is 5.13 Å². The number of carbonyl (C=O) groups is 1. The minimum Gasteiger partial charge on any atom is -0.493 e. The van der Waals surface area contributed by atoms with Crippen LogP contribution < -0.4 is 24.5 Å². The monoisotopic (exact) mass is 478 g/mol. The molecule has 1 atom stereocenters. The molecule has 8 nitrogen and oxygen atoms in total. The number of hydrogen-bond donors (Lipinski definition) is 0. The molecule has 0 unspecified atom stereocenters. The first kappa shape index (κ1) is 22.0. The summed E-state index contributed by atoms with van der Waals surface area (Å²) in [6, 6.07) is 6.28. The maximum absolute atomic E-state index is 13.8. The molecule has 0 saturated carbocycles. The number of methoxy groups -OCH3 is 3. The molecule has 34 heavy (non-hydrogen) atoms. The molecular weight excluding hydrogens is 456 g/mol. The highest BCUT2D eigenvalue weighted by molar-refractivity contribution is 7.13. The van der Waals surface area contributed by atoms with Crippen molar-refractivity contribution in [3.63, 3.8) is 0 Å².